The van der Waals surface area contributed by atoms with E-state index in [0.717, 1.165) is 0 Å². The lowest BCUT2D eigenvalue weighted by atomic mass is 10.1. The van der Waals surface area contributed by atoms with E-state index < -0.39 is 22.8 Å². The van der Waals surface area contributed by atoms with Gasteiger partial charge < -0.3 is 14.7 Å². The molecule has 1 N–H and O–H groups in total. The summed E-state index contributed by atoms with van der Waals surface area (Å²) in [4.78, 5) is 35.6. The number of carboxylic acid groups (broad SMARTS) is 1. The second kappa shape index (κ2) is 7.50. The normalized spacial score (nSPS) is 19.2. The molecule has 1 aliphatic rings. The molecule has 0 saturated carbocycles. The Bertz CT molecular complexity index is 882. The van der Waals surface area contributed by atoms with Crippen LogP contribution in [0.15, 0.2) is 30.5 Å². The number of aromatic nitrogens is 3. The summed E-state index contributed by atoms with van der Waals surface area (Å²) < 4.78 is 6.52. The van der Waals surface area contributed by atoms with Gasteiger partial charge in [0, 0.05) is 31.8 Å². The molecule has 142 valence electrons. The second-order valence-electron chi connectivity index (χ2n) is 6.13. The molecule has 1 saturated heterocycles. The fourth-order valence-corrected chi connectivity index (χ4v) is 3.07. The van der Waals surface area contributed by atoms with Crippen molar-refractivity contribution in [3.63, 3.8) is 0 Å². The lowest BCUT2D eigenvalue weighted by Gasteiger charge is -2.21. The van der Waals surface area contributed by atoms with Crippen LogP contribution in [0.2, 0.25) is 0 Å². The van der Waals surface area contributed by atoms with Crippen LogP contribution in [0.1, 0.15) is 23.3 Å². The third-order valence-corrected chi connectivity index (χ3v) is 4.40. The number of aliphatic carboxylic acids is 1. The molecule has 1 aromatic carbocycles. The largest absolute Gasteiger partial charge is 0.481 e. The summed E-state index contributed by atoms with van der Waals surface area (Å²) in [6.07, 6.45) is 1.35. The summed E-state index contributed by atoms with van der Waals surface area (Å²) in [6, 6.07) is 5.26. The van der Waals surface area contributed by atoms with Gasteiger partial charge in [-0.15, -0.1) is 5.10 Å². The van der Waals surface area contributed by atoms with E-state index in [0.29, 0.717) is 12.1 Å². The Morgan fingerprint density at radius 1 is 1.44 bits per heavy atom. The number of carbonyl (C=O) groups is 2. The average molecular weight is 375 g/mol. The van der Waals surface area contributed by atoms with Crippen LogP contribution >= 0.6 is 0 Å². The van der Waals surface area contributed by atoms with E-state index in [1.54, 1.807) is 6.07 Å². The molecule has 1 aromatic heterocycles. The second-order valence-corrected chi connectivity index (χ2v) is 6.13. The molecule has 1 aliphatic heterocycles. The number of nitrogens with zero attached hydrogens (tertiary/aromatic N) is 5. The van der Waals surface area contributed by atoms with Crippen LogP contribution in [0.5, 0.6) is 0 Å². The Balaban J connectivity index is 1.83. The van der Waals surface area contributed by atoms with E-state index in [9.17, 15) is 19.7 Å². The van der Waals surface area contributed by atoms with Crippen LogP contribution in [0, 0.1) is 10.1 Å². The van der Waals surface area contributed by atoms with E-state index in [1.165, 1.54) is 41.1 Å². The molecule has 0 aliphatic carbocycles. The van der Waals surface area contributed by atoms with E-state index in [4.69, 9.17) is 9.84 Å². The molecular weight excluding hydrogens is 358 g/mol. The van der Waals surface area contributed by atoms with Crippen LogP contribution < -0.4 is 0 Å². The highest BCUT2D eigenvalue weighted by atomic mass is 16.6. The van der Waals surface area contributed by atoms with E-state index in [1.807, 2.05) is 0 Å². The lowest BCUT2D eigenvalue weighted by Crippen LogP contribution is -2.37. The summed E-state index contributed by atoms with van der Waals surface area (Å²) in [5.74, 6) is -1.47. The Morgan fingerprint density at radius 2 is 2.22 bits per heavy atom. The molecule has 0 spiro atoms. The van der Waals surface area contributed by atoms with Crippen LogP contribution in [-0.4, -0.2) is 67.6 Å². The molecule has 2 aromatic rings. The zero-order valence-electron chi connectivity index (χ0n) is 14.4. The summed E-state index contributed by atoms with van der Waals surface area (Å²) in [5.41, 5.74) is 0.294. The highest BCUT2D eigenvalue weighted by Gasteiger charge is 2.37. The van der Waals surface area contributed by atoms with Crippen molar-refractivity contribution < 1.29 is 24.4 Å². The maximum atomic E-state index is 12.8. The number of ether oxygens (including phenoxy) is 1. The predicted molar refractivity (Wildman–Crippen MR) is 90.5 cm³/mol. The molecule has 1 amide bonds. The van der Waals surface area contributed by atoms with Crippen molar-refractivity contribution in [3.05, 3.63) is 46.3 Å². The van der Waals surface area contributed by atoms with Gasteiger partial charge in [-0.3, -0.25) is 19.7 Å². The van der Waals surface area contributed by atoms with E-state index in [-0.39, 0.29) is 30.5 Å². The Kier molecular flexibility index (Phi) is 5.12. The molecular formula is C16H17N5O6. The molecule has 2 unspecified atom stereocenters. The highest BCUT2D eigenvalue weighted by Crippen LogP contribution is 2.24. The van der Waals surface area contributed by atoms with E-state index in [2.05, 4.69) is 10.3 Å². The predicted octanol–water partition coefficient (Wildman–Crippen LogP) is 0.880. The number of amides is 1. The van der Waals surface area contributed by atoms with Gasteiger partial charge in [-0.1, -0.05) is 11.3 Å². The molecule has 3 rings (SSSR count). The number of benzene rings is 1. The maximum absolute atomic E-state index is 12.8. The van der Waals surface area contributed by atoms with Gasteiger partial charge in [-0.2, -0.15) is 0 Å². The number of carboxylic acids is 1. The van der Waals surface area contributed by atoms with Crippen LogP contribution in [-0.2, 0) is 9.53 Å². The van der Waals surface area contributed by atoms with Gasteiger partial charge in [0.25, 0.3) is 11.6 Å². The number of hydrogen-bond acceptors (Lipinski definition) is 7. The molecule has 27 heavy (non-hydrogen) atoms. The standard InChI is InChI=1S/C16H17N5O6/c1-27-13-6-12(7-15(22)23)19(8-13)16(24)14-9-20(18-17-14)10-3-2-4-11(5-10)21(25)26/h2-5,9,12-13H,6-8H2,1H3,(H,22,23). The Hall–Kier alpha value is -3.34. The number of nitro benzene ring substituents is 1. The number of hydrogen-bond donors (Lipinski definition) is 1. The monoisotopic (exact) mass is 375 g/mol. The summed E-state index contributed by atoms with van der Waals surface area (Å²) in [5, 5.41) is 27.6. The van der Waals surface area contributed by atoms with Crippen molar-refractivity contribution in [2.24, 2.45) is 0 Å². The van der Waals surface area contributed by atoms with Gasteiger partial charge in [-0.25, -0.2) is 4.68 Å². The summed E-state index contributed by atoms with van der Waals surface area (Å²) >= 11 is 0. The van der Waals surface area contributed by atoms with Crippen LogP contribution in [0.3, 0.4) is 0 Å². The molecule has 0 radical (unpaired) electrons. The first-order chi connectivity index (χ1) is 12.9. The van der Waals surface area contributed by atoms with Gasteiger partial charge in [-0.05, 0) is 12.5 Å². The smallest absolute Gasteiger partial charge is 0.305 e. The fraction of sp³-hybridized carbons (Fsp3) is 0.375. The SMILES string of the molecule is COC1CC(CC(=O)O)N(C(=O)c2cn(-c3cccc([N+](=O)[O-])c3)nn2)C1. The third kappa shape index (κ3) is 3.92. The number of likely N-dealkylation sites (tertiary alicyclic amines) is 1. The molecule has 1 fully saturated rings. The molecule has 11 heteroatoms. The van der Waals surface area contributed by atoms with Gasteiger partial charge >= 0.3 is 5.97 Å². The number of nitro groups is 1. The average Bonchev–Trinajstić information content (AvgIpc) is 3.28. The maximum Gasteiger partial charge on any atom is 0.305 e. The van der Waals surface area contributed by atoms with Crippen LogP contribution in [0.4, 0.5) is 5.69 Å². The topological polar surface area (TPSA) is 141 Å². The number of methoxy groups -OCH3 is 1. The lowest BCUT2D eigenvalue weighted by molar-refractivity contribution is -0.384. The van der Waals surface area contributed by atoms with Crippen molar-refractivity contribution in [2.45, 2.75) is 25.0 Å². The minimum Gasteiger partial charge on any atom is -0.481 e. The number of rotatable bonds is 6. The van der Waals surface area contributed by atoms with Gasteiger partial charge in [0.15, 0.2) is 5.69 Å². The van der Waals surface area contributed by atoms with Crippen molar-refractivity contribution in [1.29, 1.82) is 0 Å². The summed E-state index contributed by atoms with van der Waals surface area (Å²) in [7, 11) is 1.51. The molecule has 2 heterocycles. The highest BCUT2D eigenvalue weighted by molar-refractivity contribution is 5.92. The number of carbonyl (C=O) groups excluding carboxylic acids is 1. The summed E-state index contributed by atoms with van der Waals surface area (Å²) in [6.45, 7) is 0.261. The zero-order valence-corrected chi connectivity index (χ0v) is 14.4. The van der Waals surface area contributed by atoms with Crippen molar-refractivity contribution in [1.82, 2.24) is 19.9 Å². The van der Waals surface area contributed by atoms with Crippen molar-refractivity contribution in [3.8, 4) is 5.69 Å². The third-order valence-electron chi connectivity index (χ3n) is 4.40. The van der Waals surface area contributed by atoms with Crippen molar-refractivity contribution in [2.75, 3.05) is 13.7 Å². The minimum absolute atomic E-state index is 0.0219. The fourth-order valence-electron chi connectivity index (χ4n) is 3.07. The number of non-ortho nitro benzene ring substituents is 1. The molecule has 2 atom stereocenters. The first-order valence-electron chi connectivity index (χ1n) is 8.11. The molecule has 0 bridgehead atoms. The first kappa shape index (κ1) is 18.5. The quantitative estimate of drug-likeness (QED) is 0.579. The Labute approximate surface area is 153 Å². The Morgan fingerprint density at radius 3 is 2.89 bits per heavy atom. The minimum atomic E-state index is -1.00. The zero-order chi connectivity index (χ0) is 19.6. The van der Waals surface area contributed by atoms with Gasteiger partial charge in [0.2, 0.25) is 0 Å². The van der Waals surface area contributed by atoms with Crippen LogP contribution in [0.25, 0.3) is 5.69 Å². The first-order valence-corrected chi connectivity index (χ1v) is 8.11. The van der Waals surface area contributed by atoms with Gasteiger partial charge in [0.05, 0.1) is 29.3 Å². The van der Waals surface area contributed by atoms with E-state index >= 15 is 0 Å². The van der Waals surface area contributed by atoms with Crippen molar-refractivity contribution >= 4 is 17.6 Å². The molecule has 11 nitrogen and oxygen atoms in total. The van der Waals surface area contributed by atoms with Gasteiger partial charge in [0.1, 0.15) is 0 Å².